The molecule has 0 fully saturated rings. The lowest BCUT2D eigenvalue weighted by molar-refractivity contribution is -0.115. The van der Waals surface area contributed by atoms with Crippen LogP contribution in [0.4, 0.5) is 18.9 Å². The highest BCUT2D eigenvalue weighted by Crippen LogP contribution is 2.23. The molecule has 3 nitrogen and oxygen atoms in total. The molecule has 23 heavy (non-hydrogen) atoms. The molecule has 2 N–H and O–H groups in total. The van der Waals surface area contributed by atoms with Crippen molar-refractivity contribution in [3.8, 4) is 0 Å². The SMILES string of the molecule is O=C(Cc1c[nH]c2cc(Cl)ccc12)Nc1ccc(F)c(F)c1F. The van der Waals surface area contributed by atoms with Crippen LogP contribution in [0.15, 0.2) is 36.5 Å². The molecule has 0 aliphatic carbocycles. The van der Waals surface area contributed by atoms with Crippen LogP contribution in [-0.4, -0.2) is 10.9 Å². The summed E-state index contributed by atoms with van der Waals surface area (Å²) < 4.78 is 39.6. The Labute approximate surface area is 134 Å². The summed E-state index contributed by atoms with van der Waals surface area (Å²) in [5.41, 5.74) is 1.04. The van der Waals surface area contributed by atoms with E-state index in [-0.39, 0.29) is 6.42 Å². The van der Waals surface area contributed by atoms with E-state index in [2.05, 4.69) is 10.3 Å². The number of H-pyrrole nitrogens is 1. The Hall–Kier alpha value is -2.47. The lowest BCUT2D eigenvalue weighted by Crippen LogP contribution is -2.16. The fourth-order valence-corrected chi connectivity index (χ4v) is 2.47. The van der Waals surface area contributed by atoms with Crippen molar-refractivity contribution in [1.29, 1.82) is 0 Å². The number of amides is 1. The first-order chi connectivity index (χ1) is 11.0. The molecule has 0 saturated heterocycles. The molecule has 1 amide bonds. The molecule has 0 radical (unpaired) electrons. The van der Waals surface area contributed by atoms with Crippen molar-refractivity contribution in [1.82, 2.24) is 4.98 Å². The molecule has 2 aromatic carbocycles. The van der Waals surface area contributed by atoms with Crippen LogP contribution in [0.3, 0.4) is 0 Å². The highest BCUT2D eigenvalue weighted by molar-refractivity contribution is 6.31. The Morgan fingerprint density at radius 2 is 1.91 bits per heavy atom. The number of carbonyl (C=O) groups excluding carboxylic acids is 1. The zero-order valence-electron chi connectivity index (χ0n) is 11.6. The number of hydrogen-bond acceptors (Lipinski definition) is 1. The van der Waals surface area contributed by atoms with Gasteiger partial charge >= 0.3 is 0 Å². The minimum Gasteiger partial charge on any atom is -0.361 e. The first kappa shape index (κ1) is 15.4. The largest absolute Gasteiger partial charge is 0.361 e. The van der Waals surface area contributed by atoms with Gasteiger partial charge in [-0.15, -0.1) is 0 Å². The van der Waals surface area contributed by atoms with Gasteiger partial charge in [-0.2, -0.15) is 0 Å². The van der Waals surface area contributed by atoms with Crippen LogP contribution in [0.5, 0.6) is 0 Å². The highest BCUT2D eigenvalue weighted by atomic mass is 35.5. The molecule has 0 bridgehead atoms. The number of rotatable bonds is 3. The Morgan fingerprint density at radius 1 is 1.13 bits per heavy atom. The van der Waals surface area contributed by atoms with Gasteiger partial charge in [-0.3, -0.25) is 4.79 Å². The number of hydrogen-bond donors (Lipinski definition) is 2. The van der Waals surface area contributed by atoms with Crippen LogP contribution >= 0.6 is 11.6 Å². The van der Waals surface area contributed by atoms with Crippen molar-refractivity contribution in [3.05, 3.63) is 64.6 Å². The maximum absolute atomic E-state index is 13.5. The molecule has 0 saturated carbocycles. The summed E-state index contributed by atoms with van der Waals surface area (Å²) in [6.07, 6.45) is 1.59. The van der Waals surface area contributed by atoms with Crippen molar-refractivity contribution in [2.75, 3.05) is 5.32 Å². The van der Waals surface area contributed by atoms with Gasteiger partial charge in [-0.25, -0.2) is 13.2 Å². The summed E-state index contributed by atoms with van der Waals surface area (Å²) in [7, 11) is 0. The number of carbonyl (C=O) groups is 1. The summed E-state index contributed by atoms with van der Waals surface area (Å²) >= 11 is 5.88. The van der Waals surface area contributed by atoms with Crippen molar-refractivity contribution >= 4 is 34.1 Å². The number of aromatic nitrogens is 1. The second kappa shape index (κ2) is 5.96. The molecule has 7 heteroatoms. The van der Waals surface area contributed by atoms with E-state index >= 15 is 0 Å². The van der Waals surface area contributed by atoms with Gasteiger partial charge in [0.2, 0.25) is 5.91 Å². The monoisotopic (exact) mass is 338 g/mol. The van der Waals surface area contributed by atoms with Gasteiger partial charge in [0, 0.05) is 22.1 Å². The highest BCUT2D eigenvalue weighted by Gasteiger charge is 2.16. The Kier molecular flexibility index (Phi) is 4.00. The zero-order valence-corrected chi connectivity index (χ0v) is 12.3. The molecule has 1 heterocycles. The molecule has 0 unspecified atom stereocenters. The average Bonchev–Trinajstić information content (AvgIpc) is 2.90. The van der Waals surface area contributed by atoms with Gasteiger partial charge in [-0.05, 0) is 29.8 Å². The first-order valence-electron chi connectivity index (χ1n) is 6.64. The molecule has 3 rings (SSSR count). The Bertz CT molecular complexity index is 908. The van der Waals surface area contributed by atoms with Crippen LogP contribution in [0.2, 0.25) is 5.02 Å². The third kappa shape index (κ3) is 3.03. The third-order valence-electron chi connectivity index (χ3n) is 3.39. The van der Waals surface area contributed by atoms with E-state index in [9.17, 15) is 18.0 Å². The fourth-order valence-electron chi connectivity index (χ4n) is 2.29. The summed E-state index contributed by atoms with van der Waals surface area (Å²) in [4.78, 5) is 15.0. The molecular formula is C16H10ClF3N2O. The molecule has 3 aromatic rings. The minimum absolute atomic E-state index is 0.0555. The molecule has 0 atom stereocenters. The number of benzene rings is 2. The maximum atomic E-state index is 13.5. The van der Waals surface area contributed by atoms with Gasteiger partial charge in [0.1, 0.15) is 0 Å². The van der Waals surface area contributed by atoms with Crippen molar-refractivity contribution < 1.29 is 18.0 Å². The summed E-state index contributed by atoms with van der Waals surface area (Å²) in [6, 6.07) is 6.89. The molecular weight excluding hydrogens is 329 g/mol. The maximum Gasteiger partial charge on any atom is 0.228 e. The van der Waals surface area contributed by atoms with Crippen molar-refractivity contribution in [2.45, 2.75) is 6.42 Å². The number of anilines is 1. The number of aromatic amines is 1. The van der Waals surface area contributed by atoms with Crippen LogP contribution in [0, 0.1) is 17.5 Å². The van der Waals surface area contributed by atoms with Gasteiger partial charge < -0.3 is 10.3 Å². The van der Waals surface area contributed by atoms with E-state index in [4.69, 9.17) is 11.6 Å². The van der Waals surface area contributed by atoms with Crippen LogP contribution in [0.1, 0.15) is 5.56 Å². The van der Waals surface area contributed by atoms with Gasteiger partial charge in [0.05, 0.1) is 12.1 Å². The smallest absolute Gasteiger partial charge is 0.228 e. The molecule has 0 spiro atoms. The van der Waals surface area contributed by atoms with Gasteiger partial charge in [0.15, 0.2) is 17.5 Å². The quantitative estimate of drug-likeness (QED) is 0.682. The average molecular weight is 339 g/mol. The Balaban J connectivity index is 1.80. The molecule has 118 valence electrons. The normalized spacial score (nSPS) is 11.0. The molecule has 1 aromatic heterocycles. The predicted octanol–water partition coefficient (Wildman–Crippen LogP) is 4.42. The minimum atomic E-state index is -1.62. The number of halogens is 4. The third-order valence-corrected chi connectivity index (χ3v) is 3.62. The topological polar surface area (TPSA) is 44.9 Å². The van der Waals surface area contributed by atoms with E-state index in [1.165, 1.54) is 0 Å². The first-order valence-corrected chi connectivity index (χ1v) is 7.02. The number of fused-ring (bicyclic) bond motifs is 1. The van der Waals surface area contributed by atoms with Crippen molar-refractivity contribution in [2.24, 2.45) is 0 Å². The summed E-state index contributed by atoms with van der Waals surface area (Å²) in [6.45, 7) is 0. The fraction of sp³-hybridized carbons (Fsp3) is 0.0625. The second-order valence-corrected chi connectivity index (χ2v) is 5.39. The zero-order chi connectivity index (χ0) is 16.6. The van der Waals surface area contributed by atoms with Crippen molar-refractivity contribution in [3.63, 3.8) is 0 Å². The predicted molar refractivity (Wildman–Crippen MR) is 82.0 cm³/mol. The van der Waals surface area contributed by atoms with Gasteiger partial charge in [-0.1, -0.05) is 17.7 Å². The van der Waals surface area contributed by atoms with E-state index in [0.29, 0.717) is 10.6 Å². The van der Waals surface area contributed by atoms with E-state index in [1.807, 2.05) is 0 Å². The van der Waals surface area contributed by atoms with E-state index < -0.39 is 29.0 Å². The lowest BCUT2D eigenvalue weighted by atomic mass is 10.1. The molecule has 0 aliphatic rings. The number of nitrogens with one attached hydrogen (secondary N) is 2. The standard InChI is InChI=1S/C16H10ClF3N2O/c17-9-1-2-10-8(7-21-13(10)6-9)5-14(23)22-12-4-3-11(18)15(19)16(12)20/h1-4,6-7,21H,5H2,(H,22,23). The van der Waals surface area contributed by atoms with E-state index in [0.717, 1.165) is 23.0 Å². The second-order valence-electron chi connectivity index (χ2n) is 4.95. The lowest BCUT2D eigenvalue weighted by Gasteiger charge is -2.07. The van der Waals surface area contributed by atoms with Crippen LogP contribution in [-0.2, 0) is 11.2 Å². The van der Waals surface area contributed by atoms with Gasteiger partial charge in [0.25, 0.3) is 0 Å². The van der Waals surface area contributed by atoms with E-state index in [1.54, 1.807) is 24.4 Å². The van der Waals surface area contributed by atoms with Crippen LogP contribution in [0.25, 0.3) is 10.9 Å². The van der Waals surface area contributed by atoms with Crippen LogP contribution < -0.4 is 5.32 Å². The summed E-state index contributed by atoms with van der Waals surface area (Å²) in [5, 5.41) is 3.59. The molecule has 0 aliphatic heterocycles. The Morgan fingerprint density at radius 3 is 2.70 bits per heavy atom. The summed E-state index contributed by atoms with van der Waals surface area (Å²) in [5.74, 6) is -4.91.